The van der Waals surface area contributed by atoms with Crippen molar-refractivity contribution in [3.63, 3.8) is 0 Å². The fourth-order valence-corrected chi connectivity index (χ4v) is 3.71. The Morgan fingerprint density at radius 2 is 1.66 bits per heavy atom. The molecule has 0 saturated carbocycles. The second-order valence-corrected chi connectivity index (χ2v) is 8.52. The maximum absolute atomic E-state index is 13.1. The van der Waals surface area contributed by atoms with Gasteiger partial charge in [0, 0.05) is 11.3 Å². The van der Waals surface area contributed by atoms with Crippen LogP contribution in [0.4, 0.5) is 18.9 Å². The number of nitrogens with one attached hydrogen (secondary N) is 1. The molecule has 0 fully saturated rings. The molecule has 174 valence electrons. The highest BCUT2D eigenvalue weighted by Gasteiger charge is 2.48. The van der Waals surface area contributed by atoms with Gasteiger partial charge in [0.1, 0.15) is 11.5 Å². The van der Waals surface area contributed by atoms with Crippen LogP contribution in [-0.4, -0.2) is 44.7 Å². The Labute approximate surface area is 182 Å². The highest BCUT2D eigenvalue weighted by molar-refractivity contribution is 7.92. The van der Waals surface area contributed by atoms with E-state index in [1.165, 1.54) is 45.2 Å². The lowest BCUT2D eigenvalue weighted by molar-refractivity contribution is -0.178. The maximum atomic E-state index is 13.1. The van der Waals surface area contributed by atoms with Gasteiger partial charge in [-0.2, -0.15) is 13.2 Å². The first-order valence-electron chi connectivity index (χ1n) is 9.07. The molecule has 0 aliphatic rings. The second-order valence-electron chi connectivity index (χ2n) is 6.84. The van der Waals surface area contributed by atoms with Crippen LogP contribution in [0.15, 0.2) is 47.4 Å². The third-order valence-electron chi connectivity index (χ3n) is 4.09. The van der Waals surface area contributed by atoms with Gasteiger partial charge in [-0.15, -0.1) is 0 Å². The summed E-state index contributed by atoms with van der Waals surface area (Å²) < 4.78 is 76.3. The number of esters is 1. The summed E-state index contributed by atoms with van der Waals surface area (Å²) in [6.45, 7) is 2.73. The van der Waals surface area contributed by atoms with Gasteiger partial charge in [-0.25, -0.2) is 8.42 Å². The third kappa shape index (κ3) is 5.90. The number of rotatable bonds is 8. The van der Waals surface area contributed by atoms with E-state index < -0.39 is 51.3 Å². The van der Waals surface area contributed by atoms with Crippen LogP contribution in [-0.2, 0) is 24.3 Å². The largest absolute Gasteiger partial charge is 0.508 e. The van der Waals surface area contributed by atoms with Crippen molar-refractivity contribution in [2.45, 2.75) is 36.9 Å². The number of ether oxygens (including phenoxy) is 2. The number of alkyl halides is 3. The number of carbonyl (C=O) groups is 2. The molecule has 0 amide bonds. The van der Waals surface area contributed by atoms with Gasteiger partial charge in [-0.05, 0) is 56.3 Å². The smallest absolute Gasteiger partial charge is 0.451 e. The lowest BCUT2D eigenvalue weighted by atomic mass is 9.93. The van der Waals surface area contributed by atoms with Crippen LogP contribution in [0.5, 0.6) is 11.5 Å². The molecule has 0 aliphatic carbocycles. The Balaban J connectivity index is 2.48. The number of ketones is 1. The van der Waals surface area contributed by atoms with E-state index in [4.69, 9.17) is 9.47 Å². The molecule has 2 N–H and O–H groups in total. The van der Waals surface area contributed by atoms with E-state index in [-0.39, 0.29) is 10.6 Å². The molecule has 0 heterocycles. The molecule has 12 heteroatoms. The maximum Gasteiger partial charge on any atom is 0.451 e. The van der Waals surface area contributed by atoms with Crippen molar-refractivity contribution in [2.24, 2.45) is 0 Å². The Morgan fingerprint density at radius 3 is 2.16 bits per heavy atom. The number of anilines is 1. The summed E-state index contributed by atoms with van der Waals surface area (Å²) in [4.78, 5) is 24.0. The van der Waals surface area contributed by atoms with Crippen molar-refractivity contribution < 1.29 is 45.8 Å². The summed E-state index contributed by atoms with van der Waals surface area (Å²) in [6, 6.07) is 7.93. The number of halogens is 3. The standard InChI is InChI=1S/C20H20F3NO7S/c1-11(2)31-19(27)17(18(26)20(21,22)23)15-10-12(4-9-16(15)25)24-32(28,29)14-7-5-13(30-3)6-8-14/h4-11,17,24-25H,1-3H3. The van der Waals surface area contributed by atoms with Gasteiger partial charge in [0.05, 0.1) is 18.1 Å². The van der Waals surface area contributed by atoms with E-state index in [2.05, 4.69) is 4.72 Å². The van der Waals surface area contributed by atoms with Gasteiger partial charge in [0.15, 0.2) is 5.92 Å². The molecule has 0 aromatic heterocycles. The quantitative estimate of drug-likeness (QED) is 0.341. The number of methoxy groups -OCH3 is 1. The highest BCUT2D eigenvalue weighted by Crippen LogP contribution is 2.36. The zero-order chi connectivity index (χ0) is 24.3. The van der Waals surface area contributed by atoms with Gasteiger partial charge in [-0.1, -0.05) is 0 Å². The molecule has 0 spiro atoms. The number of phenols is 1. The molecule has 2 aromatic rings. The van der Waals surface area contributed by atoms with Crippen molar-refractivity contribution in [3.8, 4) is 11.5 Å². The van der Waals surface area contributed by atoms with Crippen molar-refractivity contribution in [1.82, 2.24) is 0 Å². The fraction of sp³-hybridized carbons (Fsp3) is 0.300. The lowest BCUT2D eigenvalue weighted by Gasteiger charge is -2.20. The second kappa shape index (κ2) is 9.47. The molecule has 1 atom stereocenters. The van der Waals surface area contributed by atoms with Crippen LogP contribution in [0.1, 0.15) is 25.3 Å². The van der Waals surface area contributed by atoms with Gasteiger partial charge in [0.2, 0.25) is 0 Å². The van der Waals surface area contributed by atoms with Crippen LogP contribution in [0.2, 0.25) is 0 Å². The molecule has 2 rings (SSSR count). The molecule has 2 aromatic carbocycles. The van der Waals surface area contributed by atoms with E-state index >= 15 is 0 Å². The summed E-state index contributed by atoms with van der Waals surface area (Å²) in [7, 11) is -2.80. The Morgan fingerprint density at radius 1 is 1.06 bits per heavy atom. The molecule has 0 bridgehead atoms. The number of aromatic hydroxyl groups is 1. The van der Waals surface area contributed by atoms with E-state index in [1.807, 2.05) is 0 Å². The Bertz CT molecular complexity index is 1100. The lowest BCUT2D eigenvalue weighted by Crippen LogP contribution is -2.35. The van der Waals surface area contributed by atoms with Crippen molar-refractivity contribution in [1.29, 1.82) is 0 Å². The van der Waals surface area contributed by atoms with E-state index in [1.54, 1.807) is 0 Å². The number of phenolic OH excluding ortho intramolecular Hbond substituents is 1. The third-order valence-corrected chi connectivity index (χ3v) is 5.49. The SMILES string of the molecule is COc1ccc(S(=O)(=O)Nc2ccc(O)c(C(C(=O)OC(C)C)C(=O)C(F)(F)F)c2)cc1. The van der Waals surface area contributed by atoms with Crippen LogP contribution < -0.4 is 9.46 Å². The fourth-order valence-electron chi connectivity index (χ4n) is 2.66. The predicted octanol–water partition coefficient (Wildman–Crippen LogP) is 3.37. The Kier molecular flexibility index (Phi) is 7.39. The first-order valence-corrected chi connectivity index (χ1v) is 10.6. The van der Waals surface area contributed by atoms with Gasteiger partial charge < -0.3 is 14.6 Å². The average molecular weight is 475 g/mol. The van der Waals surface area contributed by atoms with Gasteiger partial charge in [-0.3, -0.25) is 14.3 Å². The van der Waals surface area contributed by atoms with Crippen molar-refractivity contribution >= 4 is 27.5 Å². The summed E-state index contributed by atoms with van der Waals surface area (Å²) in [6.07, 6.45) is -6.25. The number of hydrogen-bond acceptors (Lipinski definition) is 7. The summed E-state index contributed by atoms with van der Waals surface area (Å²) >= 11 is 0. The zero-order valence-corrected chi connectivity index (χ0v) is 18.0. The predicted molar refractivity (Wildman–Crippen MR) is 107 cm³/mol. The first-order chi connectivity index (χ1) is 14.8. The minimum atomic E-state index is -5.41. The molecule has 0 saturated heterocycles. The van der Waals surface area contributed by atoms with E-state index in [0.29, 0.717) is 5.75 Å². The van der Waals surface area contributed by atoms with Crippen LogP contribution in [0.3, 0.4) is 0 Å². The number of sulfonamides is 1. The van der Waals surface area contributed by atoms with Crippen LogP contribution in [0.25, 0.3) is 0 Å². The Hall–Kier alpha value is -3.28. The highest BCUT2D eigenvalue weighted by atomic mass is 32.2. The number of Topliss-reactive ketones (excluding diaryl/α,β-unsaturated/α-hetero) is 1. The normalized spacial score (nSPS) is 12.8. The van der Waals surface area contributed by atoms with Crippen LogP contribution in [0, 0.1) is 0 Å². The molecule has 8 nitrogen and oxygen atoms in total. The number of benzene rings is 2. The molecular weight excluding hydrogens is 455 g/mol. The number of hydrogen-bond donors (Lipinski definition) is 2. The minimum Gasteiger partial charge on any atom is -0.508 e. The van der Waals surface area contributed by atoms with Crippen molar-refractivity contribution in [3.05, 3.63) is 48.0 Å². The van der Waals surface area contributed by atoms with E-state index in [0.717, 1.165) is 18.2 Å². The van der Waals surface area contributed by atoms with Crippen molar-refractivity contribution in [2.75, 3.05) is 11.8 Å². The minimum absolute atomic E-state index is 0.185. The summed E-state index contributed by atoms with van der Waals surface area (Å²) in [5.41, 5.74) is -1.04. The average Bonchev–Trinajstić information content (AvgIpc) is 2.69. The molecule has 1 unspecified atom stereocenters. The monoisotopic (exact) mass is 475 g/mol. The summed E-state index contributed by atoms with van der Waals surface area (Å²) in [5.74, 6) is -6.96. The first kappa shape index (κ1) is 25.0. The molecular formula is C20H20F3NO7S. The van der Waals surface area contributed by atoms with Gasteiger partial charge >= 0.3 is 12.1 Å². The molecule has 0 aliphatic heterocycles. The molecule has 32 heavy (non-hydrogen) atoms. The topological polar surface area (TPSA) is 119 Å². The van der Waals surface area contributed by atoms with E-state index in [9.17, 15) is 36.3 Å². The zero-order valence-electron chi connectivity index (χ0n) is 17.1. The van der Waals surface area contributed by atoms with Gasteiger partial charge in [0.25, 0.3) is 15.8 Å². The summed E-state index contributed by atoms with van der Waals surface area (Å²) in [5, 5.41) is 10.1. The number of carbonyl (C=O) groups excluding carboxylic acids is 2. The van der Waals surface area contributed by atoms with Crippen LogP contribution >= 0.6 is 0 Å². The molecule has 0 radical (unpaired) electrons.